The van der Waals surface area contributed by atoms with Crippen LogP contribution in [0.25, 0.3) is 6.08 Å². The van der Waals surface area contributed by atoms with Crippen LogP contribution in [-0.2, 0) is 4.84 Å². The topological polar surface area (TPSA) is 38.7 Å². The van der Waals surface area contributed by atoms with Crippen molar-refractivity contribution in [1.82, 2.24) is 0 Å². The Morgan fingerprint density at radius 2 is 1.77 bits per heavy atom. The summed E-state index contributed by atoms with van der Waals surface area (Å²) in [4.78, 5) is 16.9. The van der Waals surface area contributed by atoms with E-state index < -0.39 is 5.97 Å². The highest BCUT2D eigenvalue weighted by Gasteiger charge is 2.06. The molecular formula is C19H19NO2. The highest BCUT2D eigenvalue weighted by atomic mass is 16.7. The molecule has 0 aliphatic rings. The van der Waals surface area contributed by atoms with Crippen LogP contribution in [0.3, 0.4) is 0 Å². The largest absolute Gasteiger partial charge is 0.365 e. The van der Waals surface area contributed by atoms with Crippen molar-refractivity contribution in [2.24, 2.45) is 5.16 Å². The number of allylic oxidation sites excluding steroid dienone is 1. The van der Waals surface area contributed by atoms with Crippen molar-refractivity contribution >= 4 is 17.8 Å². The molecular weight excluding hydrogens is 274 g/mol. The highest BCUT2D eigenvalue weighted by Crippen LogP contribution is 2.06. The standard InChI is InChI=1S/C19H19NO2/c1-3-18(14-11-16-7-5-4-6-8-16)20-22-19(21)17-12-9-15(2)10-13-17/h4-14H,3H2,1-2H3. The second kappa shape index (κ2) is 7.93. The van der Waals surface area contributed by atoms with E-state index in [-0.39, 0.29) is 0 Å². The molecule has 0 unspecified atom stereocenters. The first kappa shape index (κ1) is 15.7. The Bertz CT molecular complexity index is 670. The molecule has 0 amide bonds. The van der Waals surface area contributed by atoms with E-state index >= 15 is 0 Å². The van der Waals surface area contributed by atoms with Gasteiger partial charge in [-0.15, -0.1) is 0 Å². The fourth-order valence-corrected chi connectivity index (χ4v) is 1.81. The van der Waals surface area contributed by atoms with E-state index in [9.17, 15) is 4.79 Å². The fraction of sp³-hybridized carbons (Fsp3) is 0.158. The van der Waals surface area contributed by atoms with Crippen molar-refractivity contribution in [2.45, 2.75) is 20.3 Å². The molecule has 0 aromatic heterocycles. The Hall–Kier alpha value is -2.68. The molecule has 0 N–H and O–H groups in total. The fourth-order valence-electron chi connectivity index (χ4n) is 1.81. The van der Waals surface area contributed by atoms with Crippen LogP contribution in [0.2, 0.25) is 0 Å². The van der Waals surface area contributed by atoms with Crippen LogP contribution in [-0.4, -0.2) is 11.7 Å². The number of aryl methyl sites for hydroxylation is 1. The van der Waals surface area contributed by atoms with Gasteiger partial charge in [-0.3, -0.25) is 0 Å². The summed E-state index contributed by atoms with van der Waals surface area (Å²) in [6.45, 7) is 3.94. The Morgan fingerprint density at radius 1 is 1.09 bits per heavy atom. The number of carbonyl (C=O) groups excluding carboxylic acids is 1. The molecule has 0 radical (unpaired) electrons. The van der Waals surface area contributed by atoms with Gasteiger partial charge in [-0.05, 0) is 37.1 Å². The van der Waals surface area contributed by atoms with Crippen LogP contribution < -0.4 is 0 Å². The van der Waals surface area contributed by atoms with Gasteiger partial charge in [0.25, 0.3) is 0 Å². The molecule has 0 aliphatic heterocycles. The molecule has 22 heavy (non-hydrogen) atoms. The predicted molar refractivity (Wildman–Crippen MR) is 89.8 cm³/mol. The number of hydrogen-bond donors (Lipinski definition) is 0. The Kier molecular flexibility index (Phi) is 5.66. The molecule has 112 valence electrons. The Balaban J connectivity index is 2.01. The summed E-state index contributed by atoms with van der Waals surface area (Å²) >= 11 is 0. The zero-order valence-electron chi connectivity index (χ0n) is 12.8. The molecule has 2 rings (SSSR count). The molecule has 3 heteroatoms. The second-order valence-electron chi connectivity index (χ2n) is 4.92. The summed E-state index contributed by atoms with van der Waals surface area (Å²) < 4.78 is 0. The van der Waals surface area contributed by atoms with Gasteiger partial charge in [0.05, 0.1) is 11.3 Å². The van der Waals surface area contributed by atoms with E-state index in [1.165, 1.54) is 0 Å². The van der Waals surface area contributed by atoms with Crippen molar-refractivity contribution < 1.29 is 9.63 Å². The van der Waals surface area contributed by atoms with E-state index in [4.69, 9.17) is 4.84 Å². The summed E-state index contributed by atoms with van der Waals surface area (Å²) in [5.74, 6) is -0.445. The van der Waals surface area contributed by atoms with Gasteiger partial charge in [-0.25, -0.2) is 4.79 Å². The van der Waals surface area contributed by atoms with Crippen molar-refractivity contribution in [3.63, 3.8) is 0 Å². The van der Waals surface area contributed by atoms with Crippen LogP contribution in [0, 0.1) is 6.92 Å². The van der Waals surface area contributed by atoms with Crippen LogP contribution >= 0.6 is 0 Å². The van der Waals surface area contributed by atoms with Crippen LogP contribution in [0.4, 0.5) is 0 Å². The maximum atomic E-state index is 11.9. The minimum Gasteiger partial charge on any atom is -0.313 e. The van der Waals surface area contributed by atoms with Crippen molar-refractivity contribution in [3.05, 3.63) is 77.4 Å². The van der Waals surface area contributed by atoms with Crippen molar-refractivity contribution in [3.8, 4) is 0 Å². The lowest BCUT2D eigenvalue weighted by Crippen LogP contribution is -2.03. The average molecular weight is 293 g/mol. The summed E-state index contributed by atoms with van der Waals surface area (Å²) in [6, 6.07) is 17.1. The van der Waals surface area contributed by atoms with Crippen LogP contribution in [0.15, 0.2) is 65.8 Å². The van der Waals surface area contributed by atoms with Gasteiger partial charge >= 0.3 is 5.97 Å². The molecule has 0 bridgehead atoms. The zero-order chi connectivity index (χ0) is 15.8. The van der Waals surface area contributed by atoms with Gasteiger partial charge in [-0.1, -0.05) is 66.2 Å². The van der Waals surface area contributed by atoms with Gasteiger partial charge in [0.1, 0.15) is 0 Å². The molecule has 0 spiro atoms. The lowest BCUT2D eigenvalue weighted by Gasteiger charge is -2.00. The number of nitrogens with zero attached hydrogens (tertiary/aromatic N) is 1. The summed E-state index contributed by atoms with van der Waals surface area (Å²) in [5.41, 5.74) is 3.38. The van der Waals surface area contributed by atoms with Gasteiger partial charge in [-0.2, -0.15) is 0 Å². The molecule has 0 fully saturated rings. The first-order valence-corrected chi connectivity index (χ1v) is 7.27. The predicted octanol–water partition coefficient (Wildman–Crippen LogP) is 4.63. The third-order valence-corrected chi connectivity index (χ3v) is 3.16. The van der Waals surface area contributed by atoms with Gasteiger partial charge in [0.2, 0.25) is 0 Å². The van der Waals surface area contributed by atoms with Crippen LogP contribution in [0.5, 0.6) is 0 Å². The lowest BCUT2D eigenvalue weighted by molar-refractivity contribution is 0.0516. The smallest absolute Gasteiger partial charge is 0.313 e. The average Bonchev–Trinajstić information content (AvgIpc) is 2.56. The third-order valence-electron chi connectivity index (χ3n) is 3.16. The number of rotatable bonds is 5. The lowest BCUT2D eigenvalue weighted by atomic mass is 10.1. The number of carbonyl (C=O) groups is 1. The quantitative estimate of drug-likeness (QED) is 0.458. The minimum absolute atomic E-state index is 0.445. The molecule has 0 saturated carbocycles. The summed E-state index contributed by atoms with van der Waals surface area (Å²) in [6.07, 6.45) is 4.49. The van der Waals surface area contributed by atoms with Gasteiger partial charge < -0.3 is 4.84 Å². The number of benzene rings is 2. The monoisotopic (exact) mass is 293 g/mol. The molecule has 0 saturated heterocycles. The van der Waals surface area contributed by atoms with E-state index in [1.54, 1.807) is 12.1 Å². The van der Waals surface area contributed by atoms with E-state index in [1.807, 2.05) is 68.5 Å². The maximum Gasteiger partial charge on any atom is 0.365 e. The molecule has 2 aromatic carbocycles. The zero-order valence-corrected chi connectivity index (χ0v) is 12.8. The number of oxime groups is 1. The molecule has 0 aliphatic carbocycles. The first-order valence-electron chi connectivity index (χ1n) is 7.27. The van der Waals surface area contributed by atoms with Gasteiger partial charge in [0.15, 0.2) is 0 Å². The van der Waals surface area contributed by atoms with Crippen molar-refractivity contribution in [2.75, 3.05) is 0 Å². The maximum absolute atomic E-state index is 11.9. The molecule has 2 aromatic rings. The third kappa shape index (κ3) is 4.70. The molecule has 0 heterocycles. The second-order valence-corrected chi connectivity index (χ2v) is 4.92. The Morgan fingerprint density at radius 3 is 2.41 bits per heavy atom. The highest BCUT2D eigenvalue weighted by molar-refractivity contribution is 5.98. The number of hydrogen-bond acceptors (Lipinski definition) is 3. The minimum atomic E-state index is -0.445. The van der Waals surface area contributed by atoms with E-state index in [0.717, 1.165) is 11.1 Å². The van der Waals surface area contributed by atoms with E-state index in [2.05, 4.69) is 5.16 Å². The Labute approximate surface area is 130 Å². The normalized spacial score (nSPS) is 11.6. The summed E-state index contributed by atoms with van der Waals surface area (Å²) in [7, 11) is 0. The van der Waals surface area contributed by atoms with Crippen molar-refractivity contribution in [1.29, 1.82) is 0 Å². The van der Waals surface area contributed by atoms with Crippen LogP contribution in [0.1, 0.15) is 34.8 Å². The summed E-state index contributed by atoms with van der Waals surface area (Å²) in [5, 5.41) is 3.94. The van der Waals surface area contributed by atoms with E-state index in [0.29, 0.717) is 17.7 Å². The SMILES string of the molecule is CCC(C=Cc1ccccc1)=NOC(=O)c1ccc(C)cc1. The first-order chi connectivity index (χ1) is 10.7. The molecule has 3 nitrogen and oxygen atoms in total. The molecule has 0 atom stereocenters. The van der Waals surface area contributed by atoms with Gasteiger partial charge in [0, 0.05) is 0 Å².